The van der Waals surface area contributed by atoms with Crippen molar-refractivity contribution in [3.8, 4) is 0 Å². The Bertz CT molecular complexity index is 131. The van der Waals surface area contributed by atoms with E-state index in [4.69, 9.17) is 5.11 Å². The van der Waals surface area contributed by atoms with Crippen LogP contribution in [0.4, 0.5) is 0 Å². The Morgan fingerprint density at radius 1 is 1.75 bits per heavy atom. The van der Waals surface area contributed by atoms with Crippen LogP contribution in [0.5, 0.6) is 0 Å². The highest BCUT2D eigenvalue weighted by molar-refractivity contribution is 7.81. The molecule has 0 aromatic heterocycles. The summed E-state index contributed by atoms with van der Waals surface area (Å²) in [6, 6.07) is 0. The highest BCUT2D eigenvalue weighted by Crippen LogP contribution is 2.20. The number of hydrogen-bond acceptors (Lipinski definition) is 5. The molecule has 4 nitrogen and oxygen atoms in total. The zero-order chi connectivity index (χ0) is 6.04. The lowest BCUT2D eigenvalue weighted by molar-refractivity contribution is 0.256. The van der Waals surface area contributed by atoms with Gasteiger partial charge in [0.25, 0.3) is 0 Å². The molecule has 0 saturated heterocycles. The lowest BCUT2D eigenvalue weighted by atomic mass is 10.6. The fourth-order valence-corrected chi connectivity index (χ4v) is 0.438. The van der Waals surface area contributed by atoms with E-state index in [9.17, 15) is 0 Å². The zero-order valence-corrected chi connectivity index (χ0v) is 4.91. The van der Waals surface area contributed by atoms with Crippen molar-refractivity contribution in [1.82, 2.24) is 0 Å². The molecule has 0 aromatic rings. The second kappa shape index (κ2) is 1.83. The van der Waals surface area contributed by atoms with Crippen molar-refractivity contribution in [3.63, 3.8) is 0 Å². The topological polar surface area (TPSA) is 57.3 Å². The molecule has 0 bridgehead atoms. The molecule has 1 heterocycles. The largest absolute Gasteiger partial charge is 0.391 e. The number of thiol groups is 1. The summed E-state index contributed by atoms with van der Waals surface area (Å²) in [6.45, 7) is -0.212. The highest BCUT2D eigenvalue weighted by atomic mass is 32.1. The maximum Gasteiger partial charge on any atom is 0.238 e. The third kappa shape index (κ3) is 0.873. The third-order valence-corrected chi connectivity index (χ3v) is 1.09. The van der Waals surface area contributed by atoms with Gasteiger partial charge in [0.05, 0.1) is 0 Å². The molecule has 0 aliphatic carbocycles. The second-order valence-corrected chi connectivity index (χ2v) is 2.11. The van der Waals surface area contributed by atoms with Crippen molar-refractivity contribution in [1.29, 1.82) is 0 Å². The van der Waals surface area contributed by atoms with E-state index in [2.05, 4.69) is 27.8 Å². The summed E-state index contributed by atoms with van der Waals surface area (Å²) in [7, 11) is 0. The summed E-state index contributed by atoms with van der Waals surface area (Å²) in [4.78, 5) is 2.66. The van der Waals surface area contributed by atoms with Crippen LogP contribution in [0.25, 0.3) is 0 Å². The van der Waals surface area contributed by atoms with Crippen LogP contribution in [0, 0.1) is 0 Å². The van der Waals surface area contributed by atoms with Gasteiger partial charge < -0.3 is 5.11 Å². The molecule has 1 aliphatic rings. The normalized spacial score (nSPS) is 34.2. The van der Waals surface area contributed by atoms with Crippen LogP contribution in [0.2, 0.25) is 0 Å². The molecule has 0 aromatic carbocycles. The molecule has 0 saturated carbocycles. The number of hydrogen-bond donors (Lipinski definition) is 2. The van der Waals surface area contributed by atoms with E-state index in [0.717, 1.165) is 0 Å². The average Bonchev–Trinajstić information content (AvgIpc) is 2.17. The third-order valence-electron chi connectivity index (χ3n) is 0.746. The summed E-state index contributed by atoms with van der Waals surface area (Å²) >= 11 is 3.87. The van der Waals surface area contributed by atoms with E-state index in [1.807, 2.05) is 0 Å². The Balaban J connectivity index is 2.69. The summed E-state index contributed by atoms with van der Waals surface area (Å²) in [6.07, 6.45) is 1.27. The summed E-state index contributed by atoms with van der Waals surface area (Å²) in [5.74, 6) is 0. The number of azo groups is 1. The predicted molar refractivity (Wildman–Crippen MR) is 32.2 cm³/mol. The minimum absolute atomic E-state index is 0.212. The van der Waals surface area contributed by atoms with Crippen molar-refractivity contribution in [3.05, 3.63) is 0 Å². The van der Waals surface area contributed by atoms with Gasteiger partial charge in [-0.1, -0.05) is 0 Å². The van der Waals surface area contributed by atoms with Gasteiger partial charge >= 0.3 is 0 Å². The van der Waals surface area contributed by atoms with Gasteiger partial charge in [-0.05, 0) is 0 Å². The maximum absolute atomic E-state index is 8.48. The van der Waals surface area contributed by atoms with Crippen molar-refractivity contribution in [2.24, 2.45) is 15.2 Å². The van der Waals surface area contributed by atoms with E-state index in [1.165, 1.54) is 6.34 Å². The fourth-order valence-electron chi connectivity index (χ4n) is 0.335. The number of aliphatic imine (C=N–C) groups is 1. The molecule has 1 unspecified atom stereocenters. The highest BCUT2D eigenvalue weighted by Gasteiger charge is 2.23. The predicted octanol–water partition coefficient (Wildman–Crippen LogP) is 0.0564. The van der Waals surface area contributed by atoms with Crippen LogP contribution in [0.15, 0.2) is 15.2 Å². The fraction of sp³-hybridized carbons (Fsp3) is 0.667. The van der Waals surface area contributed by atoms with Crippen LogP contribution in [-0.4, -0.2) is 23.0 Å². The van der Waals surface area contributed by atoms with Crippen molar-refractivity contribution >= 4 is 19.0 Å². The first-order valence-electron chi connectivity index (χ1n) is 2.06. The first-order valence-corrected chi connectivity index (χ1v) is 2.50. The van der Waals surface area contributed by atoms with Gasteiger partial charge in [0.15, 0.2) is 0 Å². The molecule has 0 radical (unpaired) electrons. The maximum atomic E-state index is 8.48. The molecule has 0 amide bonds. The molecule has 1 N–H and O–H groups in total. The summed E-state index contributed by atoms with van der Waals surface area (Å²) in [5.41, 5.74) is 0. The minimum atomic E-state index is -0.986. The molecule has 44 valence electrons. The number of aliphatic hydroxyl groups excluding tert-OH is 1. The van der Waals surface area contributed by atoms with E-state index >= 15 is 0 Å². The zero-order valence-electron chi connectivity index (χ0n) is 4.02. The van der Waals surface area contributed by atoms with Crippen LogP contribution in [0.3, 0.4) is 0 Å². The quantitative estimate of drug-likeness (QED) is 0.485. The molecule has 5 heteroatoms. The van der Waals surface area contributed by atoms with E-state index in [1.54, 1.807) is 0 Å². The molecule has 8 heavy (non-hydrogen) atoms. The van der Waals surface area contributed by atoms with Gasteiger partial charge in [-0.15, -0.1) is 22.9 Å². The van der Waals surface area contributed by atoms with Gasteiger partial charge in [-0.3, -0.25) is 0 Å². The Labute approximate surface area is 51.8 Å². The number of rotatable bonds is 1. The minimum Gasteiger partial charge on any atom is -0.391 e. The van der Waals surface area contributed by atoms with Crippen molar-refractivity contribution < 1.29 is 5.11 Å². The summed E-state index contributed by atoms with van der Waals surface area (Å²) < 4.78 is 0. The van der Waals surface area contributed by atoms with Crippen LogP contribution >= 0.6 is 12.6 Å². The van der Waals surface area contributed by atoms with Crippen molar-refractivity contribution in [2.45, 2.75) is 4.99 Å². The molecular weight excluding hydrogens is 126 g/mol. The Morgan fingerprint density at radius 3 is 2.75 bits per heavy atom. The van der Waals surface area contributed by atoms with Crippen molar-refractivity contribution in [2.75, 3.05) is 6.61 Å². The summed E-state index contributed by atoms with van der Waals surface area (Å²) in [5, 5.41) is 15.4. The Morgan fingerprint density at radius 2 is 2.50 bits per heavy atom. The number of aliphatic hydroxyl groups is 1. The molecule has 1 atom stereocenters. The molecular formula is C3H5N3OS. The second-order valence-electron chi connectivity index (χ2n) is 1.39. The lowest BCUT2D eigenvalue weighted by Crippen LogP contribution is -2.17. The van der Waals surface area contributed by atoms with Gasteiger partial charge in [-0.25, -0.2) is 4.99 Å². The van der Waals surface area contributed by atoms with E-state index < -0.39 is 4.99 Å². The van der Waals surface area contributed by atoms with Crippen LogP contribution in [0.1, 0.15) is 0 Å². The number of nitrogens with zero attached hydrogens (tertiary/aromatic N) is 3. The van der Waals surface area contributed by atoms with Crippen LogP contribution < -0.4 is 0 Å². The van der Waals surface area contributed by atoms with Gasteiger partial charge in [0.1, 0.15) is 12.9 Å². The smallest absolute Gasteiger partial charge is 0.238 e. The SMILES string of the molecule is OCC1(S)N=CN=N1. The first kappa shape index (κ1) is 5.71. The average molecular weight is 131 g/mol. The Hall–Kier alpha value is -0.420. The molecule has 0 spiro atoms. The van der Waals surface area contributed by atoms with Gasteiger partial charge in [0.2, 0.25) is 4.99 Å². The lowest BCUT2D eigenvalue weighted by Gasteiger charge is -2.07. The van der Waals surface area contributed by atoms with Gasteiger partial charge in [-0.2, -0.15) is 0 Å². The standard InChI is InChI=1S/C3H5N3OS/c7-1-3(8)4-2-5-6-3/h2,7-8H,1H2. The Kier molecular flexibility index (Phi) is 1.31. The van der Waals surface area contributed by atoms with E-state index in [0.29, 0.717) is 0 Å². The molecule has 1 rings (SSSR count). The van der Waals surface area contributed by atoms with E-state index in [-0.39, 0.29) is 6.61 Å². The molecule has 0 fully saturated rings. The van der Waals surface area contributed by atoms with Gasteiger partial charge in [0, 0.05) is 0 Å². The van der Waals surface area contributed by atoms with Crippen LogP contribution in [-0.2, 0) is 0 Å². The first-order chi connectivity index (χ1) is 3.77. The monoisotopic (exact) mass is 131 g/mol. The molecule has 1 aliphatic heterocycles.